The van der Waals surface area contributed by atoms with E-state index in [0.717, 1.165) is 161 Å². The smallest absolute Gasteiger partial charge is 0.255 e. The highest BCUT2D eigenvalue weighted by atomic mass is 32.1. The van der Waals surface area contributed by atoms with Gasteiger partial charge >= 0.3 is 0 Å². The van der Waals surface area contributed by atoms with Crippen LogP contribution in [0.4, 0.5) is 13.2 Å². The fourth-order valence-electron chi connectivity index (χ4n) is 15.8. The van der Waals surface area contributed by atoms with Crippen molar-refractivity contribution >= 4 is 100 Å². The van der Waals surface area contributed by atoms with E-state index in [0.29, 0.717) is 105 Å². The predicted molar refractivity (Wildman–Crippen MR) is 470 cm³/mol. The number of fused-ring (bicyclic) bond motifs is 3. The van der Waals surface area contributed by atoms with E-state index in [1.54, 1.807) is 104 Å². The summed E-state index contributed by atoms with van der Waals surface area (Å²) in [6, 6.07) is 37.0. The van der Waals surface area contributed by atoms with Crippen LogP contribution in [0, 0.1) is 35.2 Å². The van der Waals surface area contributed by atoms with E-state index < -0.39 is 17.5 Å². The Kier molecular flexibility index (Phi) is 27.5. The molecule has 27 heteroatoms. The molecule has 0 radical (unpaired) electrons. The summed E-state index contributed by atoms with van der Waals surface area (Å²) < 4.78 is 64.5. The van der Waals surface area contributed by atoms with E-state index in [9.17, 15) is 41.9 Å². The molecule has 7 aliphatic rings. The molecule has 0 atom stereocenters. The number of halogens is 3. The van der Waals surface area contributed by atoms with E-state index in [1.165, 1.54) is 117 Å². The van der Waals surface area contributed by atoms with Gasteiger partial charge in [-0.15, -0.1) is 34.0 Å². The molecule has 13 heterocycles. The number of amides is 1. The number of carbonyl (C=O) groups is 6. The van der Waals surface area contributed by atoms with Gasteiger partial charge in [0, 0.05) is 183 Å². The zero-order valence-electron chi connectivity index (χ0n) is 68.4. The molecular formula is C95H97F3N12O9S3. The number of carbonyl (C=O) groups excluding carboxylic acids is 6. The van der Waals surface area contributed by atoms with Gasteiger partial charge in [-0.05, 0) is 217 Å². The van der Waals surface area contributed by atoms with Crippen LogP contribution in [0.15, 0.2) is 165 Å². The third-order valence-corrected chi connectivity index (χ3v) is 26.9. The number of hydrogen-bond donors (Lipinski definition) is 1. The zero-order valence-corrected chi connectivity index (χ0v) is 70.8. The maximum atomic E-state index is 15.0. The first kappa shape index (κ1) is 84.8. The van der Waals surface area contributed by atoms with Crippen LogP contribution < -0.4 is 19.5 Å². The van der Waals surface area contributed by atoms with Gasteiger partial charge in [-0.2, -0.15) is 0 Å². The van der Waals surface area contributed by atoms with Crippen molar-refractivity contribution in [3.8, 4) is 66.2 Å². The molecule has 19 rings (SSSR count). The number of piperidine rings is 2. The quantitative estimate of drug-likeness (QED) is 0.0496. The van der Waals surface area contributed by atoms with Gasteiger partial charge < -0.3 is 34.2 Å². The summed E-state index contributed by atoms with van der Waals surface area (Å²) in [7, 11) is 4.40. The van der Waals surface area contributed by atoms with Gasteiger partial charge in [0.25, 0.3) is 5.91 Å². The lowest BCUT2D eigenvalue weighted by Crippen LogP contribution is -2.52. The minimum absolute atomic E-state index is 0.0277. The zero-order chi connectivity index (χ0) is 84.2. The Morgan fingerprint density at radius 3 is 1.07 bits per heavy atom. The molecule has 0 unspecified atom stereocenters. The van der Waals surface area contributed by atoms with Crippen molar-refractivity contribution in [1.29, 1.82) is 0 Å². The number of likely N-dealkylation sites (N-methyl/N-ethyl adjacent to an activating group) is 2. The maximum Gasteiger partial charge on any atom is 0.255 e. The molecule has 1 N–H and O–H groups in total. The third kappa shape index (κ3) is 22.4. The Morgan fingerprint density at radius 1 is 0.402 bits per heavy atom. The minimum Gasteiger partial charge on any atom is -0.453 e. The average molecular weight is 1700 g/mol. The van der Waals surface area contributed by atoms with Gasteiger partial charge in [0.15, 0.2) is 47.3 Å². The van der Waals surface area contributed by atoms with Gasteiger partial charge in [-0.1, -0.05) is 18.2 Å². The number of rotatable bonds is 26. The molecule has 630 valence electrons. The summed E-state index contributed by atoms with van der Waals surface area (Å²) in [5.41, 5.74) is 7.90. The van der Waals surface area contributed by atoms with Crippen LogP contribution in [0.3, 0.4) is 0 Å². The predicted octanol–water partition coefficient (Wildman–Crippen LogP) is 18.1. The standard InChI is InChI=1S/C35H38FN5O3S.2C25H19FN2O3S.C10H21N3/c1-39-14-16-40(17-15-39)26-9-12-41(13-10-26)35(43)25-5-6-29(38-22-25)33-21-30-34(45-33)32(8-11-37-30)44-31-7-4-24(20-28(31)36)19-27(42)18-23-2-3-23;2*26-19-11-16(10-18(30)9-15-1-2-15)4-6-22(19)31-23-7-8-27-21-12-24(32-25(21)23)20-5-3-17(14-29)13-28-20;1-12-6-8-13(9-7-12)10-2-4-11-5-3-10/h4-8,11,20-23,26H,2-3,9-10,12-19H2,1H3;2*3-8,11-15H,1-2,9-10H2;10-11H,2-9H2,1H3. The first-order chi connectivity index (χ1) is 59.4. The second-order valence-electron chi connectivity index (χ2n) is 32.9. The highest BCUT2D eigenvalue weighted by Gasteiger charge is 2.32. The number of aromatic nitrogens is 6. The number of benzene rings is 3. The molecule has 0 spiro atoms. The molecule has 4 saturated heterocycles. The number of aldehydes is 2. The Bertz CT molecular complexity index is 5510. The number of nitrogens with zero attached hydrogens (tertiary/aromatic N) is 11. The Labute approximate surface area is 718 Å². The Balaban J connectivity index is 0.000000128. The molecule has 21 nitrogen and oxygen atoms in total. The number of likely N-dealkylation sites (tertiary alicyclic amines) is 1. The lowest BCUT2D eigenvalue weighted by Gasteiger charge is -2.42. The van der Waals surface area contributed by atoms with E-state index in [-0.39, 0.29) is 59.8 Å². The third-order valence-electron chi connectivity index (χ3n) is 23.4. The van der Waals surface area contributed by atoms with E-state index in [1.807, 2.05) is 35.2 Å². The average Bonchev–Trinajstić information content (AvgIpc) is 1.63. The van der Waals surface area contributed by atoms with Crippen LogP contribution >= 0.6 is 34.0 Å². The van der Waals surface area contributed by atoms with Crippen molar-refractivity contribution in [3.63, 3.8) is 0 Å². The van der Waals surface area contributed by atoms with Gasteiger partial charge in [0.2, 0.25) is 0 Å². The van der Waals surface area contributed by atoms with Crippen molar-refractivity contribution in [2.45, 2.75) is 115 Å². The number of nitrogens with one attached hydrogen (secondary N) is 1. The molecule has 3 aromatic carbocycles. The van der Waals surface area contributed by atoms with Gasteiger partial charge in [0.05, 0.1) is 67.9 Å². The monoisotopic (exact) mass is 1700 g/mol. The summed E-state index contributed by atoms with van der Waals surface area (Å²) in [5.74, 6) is 2.32. The van der Waals surface area contributed by atoms with E-state index in [4.69, 9.17) is 14.2 Å². The molecule has 12 aromatic rings. The van der Waals surface area contributed by atoms with Crippen molar-refractivity contribution in [1.82, 2.24) is 59.7 Å². The number of pyridine rings is 6. The lowest BCUT2D eigenvalue weighted by atomic mass is 10.0. The van der Waals surface area contributed by atoms with E-state index in [2.05, 4.69) is 68.9 Å². The van der Waals surface area contributed by atoms with Crippen molar-refractivity contribution < 1.29 is 56.1 Å². The number of piperazine rings is 2. The van der Waals surface area contributed by atoms with Gasteiger partial charge in [-0.3, -0.25) is 68.5 Å². The van der Waals surface area contributed by atoms with Gasteiger partial charge in [0.1, 0.15) is 34.6 Å². The second-order valence-corrected chi connectivity index (χ2v) is 36.1. The van der Waals surface area contributed by atoms with Crippen LogP contribution in [-0.2, 0) is 33.6 Å². The first-order valence-electron chi connectivity index (χ1n) is 42.2. The molecule has 7 fully saturated rings. The number of ketones is 3. The van der Waals surface area contributed by atoms with Crippen LogP contribution in [0.5, 0.6) is 34.5 Å². The minimum atomic E-state index is -0.505. The van der Waals surface area contributed by atoms with Crippen LogP contribution in [0.1, 0.15) is 131 Å². The number of ether oxygens (including phenoxy) is 3. The molecule has 3 aliphatic carbocycles. The summed E-state index contributed by atoms with van der Waals surface area (Å²) in [6.07, 6.45) is 25.0. The molecule has 4 aliphatic heterocycles. The Morgan fingerprint density at radius 2 is 0.754 bits per heavy atom. The molecule has 0 bridgehead atoms. The number of thiophene rings is 3. The molecule has 122 heavy (non-hydrogen) atoms. The Hall–Kier alpha value is -10.8. The van der Waals surface area contributed by atoms with Crippen molar-refractivity contribution in [2.24, 2.45) is 17.8 Å². The molecule has 1 amide bonds. The summed E-state index contributed by atoms with van der Waals surface area (Å²) in [4.78, 5) is 112. The summed E-state index contributed by atoms with van der Waals surface area (Å²) in [5, 5.41) is 3.43. The van der Waals surface area contributed by atoms with Crippen molar-refractivity contribution in [3.05, 3.63) is 215 Å². The second kappa shape index (κ2) is 39.6. The molecular weight excluding hydrogens is 1610 g/mol. The molecule has 3 saturated carbocycles. The SMILES string of the molecule is CN1CCN(C2CCN(C(=O)c3ccc(-c4cc5nccc(Oc6ccc(CC(=O)CC7CC7)cc6F)c5s4)nc3)CC2)CC1.CN1CCN(C2CCNCC2)CC1.O=Cc1ccc(-c2cc3nccc(Oc4ccc(CC(=O)CC5CC5)cc4F)c3s2)nc1.O=Cc1ccc(-c2cc3nccc(Oc4ccc(CC(=O)CC5CC5)cc4F)c3s2)nc1. The first-order valence-corrected chi connectivity index (χ1v) is 44.6. The highest BCUT2D eigenvalue weighted by molar-refractivity contribution is 7.23. The van der Waals surface area contributed by atoms with Crippen LogP contribution in [-0.4, -0.2) is 195 Å². The molecule has 9 aromatic heterocycles. The number of hydrogen-bond acceptors (Lipinski definition) is 23. The topological polar surface area (TPSA) is 236 Å². The summed E-state index contributed by atoms with van der Waals surface area (Å²) in [6.45, 7) is 13.5. The lowest BCUT2D eigenvalue weighted by molar-refractivity contribution is -0.119. The largest absolute Gasteiger partial charge is 0.453 e. The van der Waals surface area contributed by atoms with Crippen molar-refractivity contribution in [2.75, 3.05) is 92.6 Å². The normalized spacial score (nSPS) is 16.9. The van der Waals surface area contributed by atoms with E-state index >= 15 is 0 Å². The fourth-order valence-corrected chi connectivity index (χ4v) is 19.0. The fraction of sp³-hybridized carbons (Fsp3) is 0.368. The maximum absolute atomic E-state index is 15.0. The number of Topliss-reactive ketones (excluding diaryl/α,β-unsaturated/α-hetero) is 3. The van der Waals surface area contributed by atoms with Gasteiger partial charge in [-0.25, -0.2) is 13.2 Å². The van der Waals surface area contributed by atoms with Crippen LogP contribution in [0.2, 0.25) is 0 Å². The summed E-state index contributed by atoms with van der Waals surface area (Å²) >= 11 is 4.33. The van der Waals surface area contributed by atoms with Crippen LogP contribution in [0.25, 0.3) is 62.4 Å². The highest BCUT2D eigenvalue weighted by Crippen LogP contribution is 2.44.